The Balaban J connectivity index is 2.33. The van der Waals surface area contributed by atoms with Crippen LogP contribution in [0, 0.1) is 11.3 Å². The van der Waals surface area contributed by atoms with Crippen molar-refractivity contribution in [2.45, 2.75) is 0 Å². The van der Waals surface area contributed by atoms with Gasteiger partial charge in [-0.15, -0.1) is 0 Å². The highest BCUT2D eigenvalue weighted by Crippen LogP contribution is 2.26. The molecule has 20 heavy (non-hydrogen) atoms. The Kier molecular flexibility index (Phi) is 4.42. The van der Waals surface area contributed by atoms with Crippen LogP contribution >= 0.6 is 31.9 Å². The Morgan fingerprint density at radius 1 is 1.25 bits per heavy atom. The molecule has 0 saturated carbocycles. The number of carbonyl (C=O) groups excluding carboxylic acids is 1. The first-order valence-corrected chi connectivity index (χ1v) is 7.16. The molecule has 2 aromatic carbocycles. The molecule has 100 valence electrons. The summed E-state index contributed by atoms with van der Waals surface area (Å²) in [7, 11) is 0. The summed E-state index contributed by atoms with van der Waals surface area (Å²) in [5.74, 6) is -0.331. The molecule has 0 aromatic heterocycles. The van der Waals surface area contributed by atoms with E-state index in [1.807, 2.05) is 6.07 Å². The van der Waals surface area contributed by atoms with Crippen LogP contribution in [0.3, 0.4) is 0 Å². The van der Waals surface area contributed by atoms with Gasteiger partial charge >= 0.3 is 0 Å². The van der Waals surface area contributed by atoms with Gasteiger partial charge in [0.1, 0.15) is 6.07 Å². The summed E-state index contributed by atoms with van der Waals surface area (Å²) in [5, 5.41) is 11.8. The van der Waals surface area contributed by atoms with Crippen LogP contribution in [0.4, 0.5) is 11.4 Å². The maximum atomic E-state index is 12.2. The van der Waals surface area contributed by atoms with Gasteiger partial charge in [-0.3, -0.25) is 4.79 Å². The molecule has 1 amide bonds. The van der Waals surface area contributed by atoms with Crippen molar-refractivity contribution in [2.75, 3.05) is 11.1 Å². The van der Waals surface area contributed by atoms with Gasteiger partial charge in [0.25, 0.3) is 5.91 Å². The van der Waals surface area contributed by atoms with E-state index in [-0.39, 0.29) is 5.91 Å². The number of carbonyl (C=O) groups is 1. The van der Waals surface area contributed by atoms with E-state index >= 15 is 0 Å². The van der Waals surface area contributed by atoms with Gasteiger partial charge in [0, 0.05) is 10.2 Å². The van der Waals surface area contributed by atoms with Crippen molar-refractivity contribution in [3.05, 3.63) is 56.5 Å². The van der Waals surface area contributed by atoms with Crippen LogP contribution in [-0.2, 0) is 0 Å². The number of nitrogens with one attached hydrogen (secondary N) is 1. The number of amides is 1. The van der Waals surface area contributed by atoms with E-state index in [4.69, 9.17) is 11.0 Å². The number of hydrogen-bond acceptors (Lipinski definition) is 3. The summed E-state index contributed by atoms with van der Waals surface area (Å²) in [6, 6.07) is 12.1. The van der Waals surface area contributed by atoms with Crippen molar-refractivity contribution in [2.24, 2.45) is 0 Å². The van der Waals surface area contributed by atoms with E-state index in [2.05, 4.69) is 37.2 Å². The summed E-state index contributed by atoms with van der Waals surface area (Å²) in [6.45, 7) is 0. The lowest BCUT2D eigenvalue weighted by atomic mass is 10.1. The predicted octanol–water partition coefficient (Wildman–Crippen LogP) is 3.92. The van der Waals surface area contributed by atoms with Crippen molar-refractivity contribution >= 4 is 49.1 Å². The molecule has 0 atom stereocenters. The quantitative estimate of drug-likeness (QED) is 0.757. The SMILES string of the molecule is N#Cc1cc(Br)ccc1NC(=O)c1cccc(N)c1Br. The van der Waals surface area contributed by atoms with Crippen LogP contribution < -0.4 is 11.1 Å². The van der Waals surface area contributed by atoms with Crippen LogP contribution in [0.25, 0.3) is 0 Å². The maximum Gasteiger partial charge on any atom is 0.256 e. The Morgan fingerprint density at radius 3 is 2.70 bits per heavy atom. The Bertz CT molecular complexity index is 723. The molecule has 0 aliphatic rings. The van der Waals surface area contributed by atoms with Crippen molar-refractivity contribution < 1.29 is 4.79 Å². The lowest BCUT2D eigenvalue weighted by Gasteiger charge is -2.09. The third-order valence-corrected chi connectivity index (χ3v) is 4.00. The minimum Gasteiger partial charge on any atom is -0.398 e. The van der Waals surface area contributed by atoms with E-state index < -0.39 is 0 Å². The molecule has 0 aliphatic carbocycles. The molecular weight excluding hydrogens is 386 g/mol. The fourth-order valence-electron chi connectivity index (χ4n) is 1.63. The Labute approximate surface area is 132 Å². The van der Waals surface area contributed by atoms with E-state index in [1.165, 1.54) is 0 Å². The number of halogens is 2. The summed E-state index contributed by atoms with van der Waals surface area (Å²) in [6.07, 6.45) is 0. The zero-order valence-corrected chi connectivity index (χ0v) is 13.3. The maximum absolute atomic E-state index is 12.2. The fraction of sp³-hybridized carbons (Fsp3) is 0. The molecule has 0 fully saturated rings. The predicted molar refractivity (Wildman–Crippen MR) is 85.4 cm³/mol. The first-order valence-electron chi connectivity index (χ1n) is 5.58. The van der Waals surface area contributed by atoms with E-state index in [9.17, 15) is 4.79 Å². The number of nitrogen functional groups attached to an aromatic ring is 1. The highest BCUT2D eigenvalue weighted by atomic mass is 79.9. The second-order valence-corrected chi connectivity index (χ2v) is 5.67. The molecule has 4 nitrogen and oxygen atoms in total. The van der Waals surface area contributed by atoms with Crippen LogP contribution in [0.2, 0.25) is 0 Å². The van der Waals surface area contributed by atoms with Crippen molar-refractivity contribution in [1.29, 1.82) is 5.26 Å². The van der Waals surface area contributed by atoms with Crippen LogP contribution in [0.1, 0.15) is 15.9 Å². The van der Waals surface area contributed by atoms with E-state index in [0.717, 1.165) is 4.47 Å². The molecular formula is C14H9Br2N3O. The average Bonchev–Trinajstić information content (AvgIpc) is 2.43. The Morgan fingerprint density at radius 2 is 2.00 bits per heavy atom. The van der Waals surface area contributed by atoms with Gasteiger partial charge in [-0.1, -0.05) is 22.0 Å². The van der Waals surface area contributed by atoms with Crippen molar-refractivity contribution in [3.63, 3.8) is 0 Å². The van der Waals surface area contributed by atoms with E-state index in [0.29, 0.717) is 27.0 Å². The molecule has 0 spiro atoms. The second kappa shape index (κ2) is 6.07. The van der Waals surface area contributed by atoms with Gasteiger partial charge in [-0.25, -0.2) is 0 Å². The molecule has 2 rings (SSSR count). The van der Waals surface area contributed by atoms with Crippen molar-refractivity contribution in [1.82, 2.24) is 0 Å². The third-order valence-electron chi connectivity index (χ3n) is 2.62. The first-order chi connectivity index (χ1) is 9.52. The molecule has 0 heterocycles. The zero-order chi connectivity index (χ0) is 14.7. The molecule has 0 bridgehead atoms. The zero-order valence-electron chi connectivity index (χ0n) is 10.2. The number of nitrogens with zero attached hydrogens (tertiary/aromatic N) is 1. The van der Waals surface area contributed by atoms with Gasteiger partial charge in [0.05, 0.1) is 21.3 Å². The second-order valence-electron chi connectivity index (χ2n) is 3.96. The summed E-state index contributed by atoms with van der Waals surface area (Å²) >= 11 is 6.56. The molecule has 0 radical (unpaired) electrons. The van der Waals surface area contributed by atoms with Crippen LogP contribution in [0.5, 0.6) is 0 Å². The lowest BCUT2D eigenvalue weighted by Crippen LogP contribution is -2.14. The first kappa shape index (κ1) is 14.6. The molecule has 0 aliphatic heterocycles. The normalized spacial score (nSPS) is 9.85. The number of rotatable bonds is 2. The number of nitriles is 1. The van der Waals surface area contributed by atoms with Crippen LogP contribution in [-0.4, -0.2) is 5.91 Å². The Hall–Kier alpha value is -1.84. The lowest BCUT2D eigenvalue weighted by molar-refractivity contribution is 0.102. The number of benzene rings is 2. The van der Waals surface area contributed by atoms with Gasteiger partial charge in [-0.05, 0) is 46.3 Å². The summed E-state index contributed by atoms with van der Waals surface area (Å²) in [4.78, 5) is 12.2. The number of anilines is 2. The average molecular weight is 395 g/mol. The third kappa shape index (κ3) is 3.00. The minimum atomic E-state index is -0.331. The van der Waals surface area contributed by atoms with Gasteiger partial charge in [0.2, 0.25) is 0 Å². The molecule has 0 unspecified atom stereocenters. The number of nitrogens with two attached hydrogens (primary N) is 1. The highest BCUT2D eigenvalue weighted by Gasteiger charge is 2.13. The summed E-state index contributed by atoms with van der Waals surface area (Å²) < 4.78 is 1.31. The molecule has 3 N–H and O–H groups in total. The smallest absolute Gasteiger partial charge is 0.256 e. The van der Waals surface area contributed by atoms with Gasteiger partial charge in [-0.2, -0.15) is 5.26 Å². The standard InChI is InChI=1S/C14H9Br2N3O/c15-9-4-5-12(8(6-9)7-17)19-14(20)10-2-1-3-11(18)13(10)16/h1-6H,18H2,(H,19,20). The highest BCUT2D eigenvalue weighted by molar-refractivity contribution is 9.11. The molecule has 2 aromatic rings. The van der Waals surface area contributed by atoms with Gasteiger partial charge < -0.3 is 11.1 Å². The van der Waals surface area contributed by atoms with Crippen molar-refractivity contribution in [3.8, 4) is 6.07 Å². The fourth-order valence-corrected chi connectivity index (χ4v) is 2.44. The van der Waals surface area contributed by atoms with E-state index in [1.54, 1.807) is 36.4 Å². The minimum absolute atomic E-state index is 0.331. The molecule has 6 heteroatoms. The monoisotopic (exact) mass is 393 g/mol. The number of hydrogen-bond donors (Lipinski definition) is 2. The topological polar surface area (TPSA) is 78.9 Å². The van der Waals surface area contributed by atoms with Crippen LogP contribution in [0.15, 0.2) is 45.3 Å². The summed E-state index contributed by atoms with van der Waals surface area (Å²) in [5.41, 5.74) is 7.47. The van der Waals surface area contributed by atoms with Gasteiger partial charge in [0.15, 0.2) is 0 Å². The molecule has 0 saturated heterocycles. The largest absolute Gasteiger partial charge is 0.398 e.